The molecule has 0 spiro atoms. The summed E-state index contributed by atoms with van der Waals surface area (Å²) >= 11 is 7.33. The maximum Gasteiger partial charge on any atom is 0.183 e. The fraction of sp³-hybridized carbons (Fsp3) is 0.438. The Hall–Kier alpha value is -1.70. The highest BCUT2D eigenvalue weighted by Gasteiger charge is 2.19. The Morgan fingerprint density at radius 3 is 2.62 bits per heavy atom. The van der Waals surface area contributed by atoms with Crippen LogP contribution in [0, 0.1) is 0 Å². The molecule has 3 rings (SSSR count). The standard InChI is InChI=1S/C16H20ClN3O3S/c1-21-14-8-13(20-3-5-23-6-4-20)15(22-2)7-12(14)18-9-11-10-19-16(17)24-11/h7-8,10,18H,3-6,9H2,1-2H3. The van der Waals surface area contributed by atoms with Crippen LogP contribution in [0.3, 0.4) is 0 Å². The Labute approximate surface area is 150 Å². The van der Waals surface area contributed by atoms with E-state index in [-0.39, 0.29) is 0 Å². The Balaban J connectivity index is 1.83. The van der Waals surface area contributed by atoms with Gasteiger partial charge in [-0.3, -0.25) is 0 Å². The summed E-state index contributed by atoms with van der Waals surface area (Å²) in [6.07, 6.45) is 1.77. The van der Waals surface area contributed by atoms with Gasteiger partial charge in [-0.15, -0.1) is 11.3 Å². The van der Waals surface area contributed by atoms with Gasteiger partial charge in [0.1, 0.15) is 11.5 Å². The molecule has 1 aromatic heterocycles. The highest BCUT2D eigenvalue weighted by Crippen LogP contribution is 2.39. The van der Waals surface area contributed by atoms with Gasteiger partial charge in [-0.25, -0.2) is 4.98 Å². The van der Waals surface area contributed by atoms with E-state index in [0.29, 0.717) is 11.0 Å². The number of anilines is 2. The number of ether oxygens (including phenoxy) is 3. The quantitative estimate of drug-likeness (QED) is 0.843. The lowest BCUT2D eigenvalue weighted by Crippen LogP contribution is -2.36. The first-order valence-corrected chi connectivity index (χ1v) is 8.83. The smallest absolute Gasteiger partial charge is 0.183 e. The Morgan fingerprint density at radius 1 is 1.25 bits per heavy atom. The lowest BCUT2D eigenvalue weighted by Gasteiger charge is -2.30. The monoisotopic (exact) mass is 369 g/mol. The number of nitrogens with one attached hydrogen (secondary N) is 1. The van der Waals surface area contributed by atoms with Gasteiger partial charge in [0.05, 0.1) is 45.4 Å². The van der Waals surface area contributed by atoms with E-state index in [4.69, 9.17) is 25.8 Å². The number of rotatable bonds is 6. The molecule has 0 bridgehead atoms. The molecule has 1 saturated heterocycles. The van der Waals surface area contributed by atoms with E-state index in [9.17, 15) is 0 Å². The maximum atomic E-state index is 5.87. The SMILES string of the molecule is COc1cc(N2CCOCC2)c(OC)cc1NCc1cnc(Cl)s1. The number of morpholine rings is 1. The number of hydrogen-bond acceptors (Lipinski definition) is 7. The van der Waals surface area contributed by atoms with Crippen molar-refractivity contribution in [3.63, 3.8) is 0 Å². The van der Waals surface area contributed by atoms with Crippen molar-refractivity contribution in [2.45, 2.75) is 6.54 Å². The van der Waals surface area contributed by atoms with Crippen molar-refractivity contribution in [3.8, 4) is 11.5 Å². The molecule has 1 aliphatic rings. The van der Waals surface area contributed by atoms with E-state index < -0.39 is 0 Å². The van der Waals surface area contributed by atoms with Crippen LogP contribution in [0.5, 0.6) is 11.5 Å². The fourth-order valence-corrected chi connectivity index (χ4v) is 3.54. The van der Waals surface area contributed by atoms with Crippen molar-refractivity contribution >= 4 is 34.3 Å². The summed E-state index contributed by atoms with van der Waals surface area (Å²) in [7, 11) is 3.35. The predicted octanol–water partition coefficient (Wildman–Crippen LogP) is 3.26. The fourth-order valence-electron chi connectivity index (χ4n) is 2.62. The van der Waals surface area contributed by atoms with Crippen LogP contribution < -0.4 is 19.7 Å². The van der Waals surface area contributed by atoms with Gasteiger partial charge in [-0.05, 0) is 0 Å². The van der Waals surface area contributed by atoms with Crippen LogP contribution in [0.15, 0.2) is 18.3 Å². The number of halogens is 1. The summed E-state index contributed by atoms with van der Waals surface area (Å²) in [5.74, 6) is 1.58. The summed E-state index contributed by atoms with van der Waals surface area (Å²) in [6, 6.07) is 3.97. The van der Waals surface area contributed by atoms with Crippen LogP contribution >= 0.6 is 22.9 Å². The molecule has 6 nitrogen and oxygen atoms in total. The highest BCUT2D eigenvalue weighted by molar-refractivity contribution is 7.15. The van der Waals surface area contributed by atoms with Crippen LogP contribution in [0.25, 0.3) is 0 Å². The zero-order chi connectivity index (χ0) is 16.9. The number of hydrogen-bond donors (Lipinski definition) is 1. The molecule has 0 unspecified atom stereocenters. The number of aromatic nitrogens is 1. The molecule has 1 fully saturated rings. The minimum absolute atomic E-state index is 0.541. The van der Waals surface area contributed by atoms with Crippen molar-refractivity contribution in [3.05, 3.63) is 27.7 Å². The second-order valence-corrected chi connectivity index (χ2v) is 6.95. The summed E-state index contributed by atoms with van der Waals surface area (Å²) in [4.78, 5) is 7.35. The molecule has 130 valence electrons. The molecule has 0 amide bonds. The van der Waals surface area contributed by atoms with Crippen molar-refractivity contribution in [2.75, 3.05) is 50.7 Å². The van der Waals surface area contributed by atoms with Crippen LogP contribution in [0.2, 0.25) is 4.47 Å². The molecule has 1 aromatic carbocycles. The molecule has 2 aromatic rings. The second-order valence-electron chi connectivity index (χ2n) is 5.26. The summed E-state index contributed by atoms with van der Waals surface area (Å²) < 4.78 is 17.1. The Kier molecular flexibility index (Phi) is 5.65. The summed E-state index contributed by atoms with van der Waals surface area (Å²) in [6.45, 7) is 3.74. The number of methoxy groups -OCH3 is 2. The van der Waals surface area contributed by atoms with Gasteiger partial charge in [0, 0.05) is 36.3 Å². The van der Waals surface area contributed by atoms with Crippen molar-refractivity contribution < 1.29 is 14.2 Å². The van der Waals surface area contributed by atoms with Crippen LogP contribution in [0.1, 0.15) is 4.88 Å². The normalized spacial score (nSPS) is 14.5. The summed E-state index contributed by atoms with van der Waals surface area (Å²) in [5, 5.41) is 3.36. The first kappa shape index (κ1) is 17.1. The Bertz CT molecular complexity index is 689. The molecule has 2 heterocycles. The van der Waals surface area contributed by atoms with Crippen molar-refractivity contribution in [1.82, 2.24) is 4.98 Å². The van der Waals surface area contributed by atoms with Crippen molar-refractivity contribution in [1.29, 1.82) is 0 Å². The molecular weight excluding hydrogens is 350 g/mol. The number of thiazole rings is 1. The lowest BCUT2D eigenvalue weighted by molar-refractivity contribution is 0.122. The second kappa shape index (κ2) is 7.92. The highest BCUT2D eigenvalue weighted by atomic mass is 35.5. The first-order chi connectivity index (χ1) is 11.7. The molecule has 24 heavy (non-hydrogen) atoms. The molecule has 0 atom stereocenters. The van der Waals surface area contributed by atoms with E-state index in [0.717, 1.165) is 54.1 Å². The van der Waals surface area contributed by atoms with Gasteiger partial charge in [0.2, 0.25) is 0 Å². The van der Waals surface area contributed by atoms with Crippen LogP contribution in [0.4, 0.5) is 11.4 Å². The van der Waals surface area contributed by atoms with Gasteiger partial charge >= 0.3 is 0 Å². The van der Waals surface area contributed by atoms with Crippen molar-refractivity contribution in [2.24, 2.45) is 0 Å². The lowest BCUT2D eigenvalue weighted by atomic mass is 10.2. The third-order valence-corrected chi connectivity index (χ3v) is 4.95. The topological polar surface area (TPSA) is 55.9 Å². The van der Waals surface area contributed by atoms with Gasteiger partial charge in [0.15, 0.2) is 4.47 Å². The molecular formula is C16H20ClN3O3S. The van der Waals surface area contributed by atoms with Gasteiger partial charge in [-0.1, -0.05) is 11.6 Å². The molecule has 8 heteroatoms. The van der Waals surface area contributed by atoms with E-state index in [1.54, 1.807) is 20.4 Å². The van der Waals surface area contributed by atoms with Gasteiger partial charge in [-0.2, -0.15) is 0 Å². The average Bonchev–Trinajstić information content (AvgIpc) is 3.05. The van der Waals surface area contributed by atoms with Crippen LogP contribution in [-0.4, -0.2) is 45.5 Å². The summed E-state index contributed by atoms with van der Waals surface area (Å²) in [5.41, 5.74) is 1.89. The van der Waals surface area contributed by atoms with E-state index in [1.165, 1.54) is 11.3 Å². The molecule has 0 aliphatic carbocycles. The molecule has 0 saturated carbocycles. The zero-order valence-corrected chi connectivity index (χ0v) is 15.2. The third-order valence-electron chi connectivity index (χ3n) is 3.83. The average molecular weight is 370 g/mol. The minimum Gasteiger partial charge on any atom is -0.495 e. The minimum atomic E-state index is 0.541. The largest absolute Gasteiger partial charge is 0.495 e. The van der Waals surface area contributed by atoms with Crippen LogP contribution in [-0.2, 0) is 11.3 Å². The number of benzene rings is 1. The first-order valence-electron chi connectivity index (χ1n) is 7.64. The maximum absolute atomic E-state index is 5.87. The van der Waals surface area contributed by atoms with E-state index >= 15 is 0 Å². The van der Waals surface area contributed by atoms with E-state index in [1.807, 2.05) is 12.1 Å². The Morgan fingerprint density at radius 2 is 2.00 bits per heavy atom. The van der Waals surface area contributed by atoms with Gasteiger partial charge < -0.3 is 24.4 Å². The predicted molar refractivity (Wildman–Crippen MR) is 97.0 cm³/mol. The number of nitrogens with zero attached hydrogens (tertiary/aromatic N) is 2. The molecule has 1 aliphatic heterocycles. The zero-order valence-electron chi connectivity index (χ0n) is 13.7. The molecule has 1 N–H and O–H groups in total. The van der Waals surface area contributed by atoms with Gasteiger partial charge in [0.25, 0.3) is 0 Å². The third kappa shape index (κ3) is 3.85. The molecule has 0 radical (unpaired) electrons. The van der Waals surface area contributed by atoms with E-state index in [2.05, 4.69) is 15.2 Å².